The molecule has 0 fully saturated rings. The third-order valence-electron chi connectivity index (χ3n) is 2.95. The number of imidazole rings is 1. The second-order valence-electron chi connectivity index (χ2n) is 4.40. The van der Waals surface area contributed by atoms with Gasteiger partial charge >= 0.3 is 0 Å². The molecule has 1 amide bonds. The normalized spacial score (nSPS) is 10.6. The molecule has 2 heterocycles. The van der Waals surface area contributed by atoms with Gasteiger partial charge in [0.15, 0.2) is 5.65 Å². The van der Waals surface area contributed by atoms with Crippen LogP contribution in [0, 0.1) is 6.92 Å². The fourth-order valence-electron chi connectivity index (χ4n) is 2.03. The third-order valence-corrected chi connectivity index (χ3v) is 2.95. The van der Waals surface area contributed by atoms with E-state index in [0.717, 1.165) is 11.2 Å². The summed E-state index contributed by atoms with van der Waals surface area (Å²) in [5.74, 6) is -0.125. The third kappa shape index (κ3) is 2.20. The van der Waals surface area contributed by atoms with Crippen molar-refractivity contribution in [3.63, 3.8) is 0 Å². The van der Waals surface area contributed by atoms with E-state index in [1.165, 1.54) is 0 Å². The monoisotopic (exact) mass is 251 g/mol. The Morgan fingerprint density at radius 2 is 2.11 bits per heavy atom. The molecule has 0 saturated heterocycles. The molecule has 0 atom stereocenters. The molecule has 3 aromatic rings. The van der Waals surface area contributed by atoms with E-state index in [1.807, 2.05) is 54.0 Å². The summed E-state index contributed by atoms with van der Waals surface area (Å²) in [5, 5.41) is 2.89. The Balaban J connectivity index is 1.93. The Morgan fingerprint density at radius 1 is 1.21 bits per heavy atom. The summed E-state index contributed by atoms with van der Waals surface area (Å²) in [7, 11) is 0. The number of rotatable bonds is 2. The molecule has 1 aromatic carbocycles. The Hall–Kier alpha value is -2.62. The number of carbonyl (C=O) groups excluding carboxylic acids is 1. The lowest BCUT2D eigenvalue weighted by atomic mass is 10.1. The quantitative estimate of drug-likeness (QED) is 0.761. The number of aromatic nitrogens is 2. The molecule has 0 saturated carbocycles. The van der Waals surface area contributed by atoms with Crippen LogP contribution in [-0.2, 0) is 0 Å². The predicted octanol–water partition coefficient (Wildman–Crippen LogP) is 2.90. The van der Waals surface area contributed by atoms with Crippen molar-refractivity contribution in [1.29, 1.82) is 0 Å². The number of nitrogens with zero attached hydrogens (tertiary/aromatic N) is 2. The van der Waals surface area contributed by atoms with Gasteiger partial charge in [0.1, 0.15) is 0 Å². The highest BCUT2D eigenvalue weighted by atomic mass is 16.1. The van der Waals surface area contributed by atoms with Crippen LogP contribution in [0.4, 0.5) is 5.69 Å². The summed E-state index contributed by atoms with van der Waals surface area (Å²) in [5.41, 5.74) is 3.16. The second kappa shape index (κ2) is 4.57. The van der Waals surface area contributed by atoms with E-state index in [1.54, 1.807) is 12.3 Å². The average Bonchev–Trinajstić information content (AvgIpc) is 2.88. The molecule has 94 valence electrons. The number of anilines is 1. The molecule has 4 heteroatoms. The van der Waals surface area contributed by atoms with Crippen LogP contribution >= 0.6 is 0 Å². The Labute approximate surface area is 110 Å². The first kappa shape index (κ1) is 11.5. The number of aryl methyl sites for hydroxylation is 1. The van der Waals surface area contributed by atoms with Crippen molar-refractivity contribution in [3.8, 4) is 0 Å². The van der Waals surface area contributed by atoms with Crippen LogP contribution < -0.4 is 5.32 Å². The predicted molar refractivity (Wildman–Crippen MR) is 74.3 cm³/mol. The number of carbonyl (C=O) groups is 1. The number of fused-ring (bicyclic) bond motifs is 1. The summed E-state index contributed by atoms with van der Waals surface area (Å²) >= 11 is 0. The molecular weight excluding hydrogens is 238 g/mol. The lowest BCUT2D eigenvalue weighted by Gasteiger charge is -2.07. The maximum absolute atomic E-state index is 12.2. The summed E-state index contributed by atoms with van der Waals surface area (Å²) in [4.78, 5) is 16.4. The van der Waals surface area contributed by atoms with Gasteiger partial charge in [0.25, 0.3) is 5.91 Å². The molecule has 4 nitrogen and oxygen atoms in total. The molecule has 0 aliphatic carbocycles. The zero-order valence-electron chi connectivity index (χ0n) is 10.5. The van der Waals surface area contributed by atoms with E-state index in [4.69, 9.17) is 0 Å². The van der Waals surface area contributed by atoms with Crippen molar-refractivity contribution in [2.75, 3.05) is 5.32 Å². The minimum Gasteiger partial charge on any atom is -0.319 e. The number of nitrogens with one attached hydrogen (secondary N) is 1. The van der Waals surface area contributed by atoms with Gasteiger partial charge in [0, 0.05) is 24.2 Å². The number of hydrogen-bond donors (Lipinski definition) is 1. The van der Waals surface area contributed by atoms with Crippen molar-refractivity contribution in [3.05, 3.63) is 66.1 Å². The van der Waals surface area contributed by atoms with Crippen LogP contribution in [0.3, 0.4) is 0 Å². The van der Waals surface area contributed by atoms with Crippen molar-refractivity contribution in [2.45, 2.75) is 6.92 Å². The zero-order chi connectivity index (χ0) is 13.2. The summed E-state index contributed by atoms with van der Waals surface area (Å²) < 4.78 is 1.87. The molecule has 0 aliphatic heterocycles. The van der Waals surface area contributed by atoms with E-state index in [0.29, 0.717) is 11.3 Å². The van der Waals surface area contributed by atoms with Gasteiger partial charge in [-0.25, -0.2) is 4.98 Å². The Morgan fingerprint density at radius 3 is 2.95 bits per heavy atom. The first-order valence-corrected chi connectivity index (χ1v) is 6.04. The highest BCUT2D eigenvalue weighted by Gasteiger charge is 2.09. The minimum absolute atomic E-state index is 0.125. The fraction of sp³-hybridized carbons (Fsp3) is 0.0667. The lowest BCUT2D eigenvalue weighted by molar-refractivity contribution is 0.102. The molecule has 1 N–H and O–H groups in total. The highest BCUT2D eigenvalue weighted by Crippen LogP contribution is 2.16. The topological polar surface area (TPSA) is 46.4 Å². The molecule has 0 aliphatic rings. The molecule has 2 aromatic heterocycles. The van der Waals surface area contributed by atoms with Crippen molar-refractivity contribution in [2.24, 2.45) is 0 Å². The number of amides is 1. The maximum Gasteiger partial charge on any atom is 0.255 e. The smallest absolute Gasteiger partial charge is 0.255 e. The molecule has 3 rings (SSSR count). The maximum atomic E-state index is 12.2. The first-order valence-electron chi connectivity index (χ1n) is 6.04. The van der Waals surface area contributed by atoms with Gasteiger partial charge in [-0.15, -0.1) is 0 Å². The van der Waals surface area contributed by atoms with Gasteiger partial charge in [-0.3, -0.25) is 4.79 Å². The first-order chi connectivity index (χ1) is 9.24. The standard InChI is InChI=1S/C15H13N3O/c1-11-4-2-5-12(10-11)15(19)17-13-6-3-8-18-9-7-16-14(13)18/h2-10H,1H3,(H,17,19). The molecule has 19 heavy (non-hydrogen) atoms. The number of hydrogen-bond acceptors (Lipinski definition) is 2. The highest BCUT2D eigenvalue weighted by molar-refractivity contribution is 6.06. The van der Waals surface area contributed by atoms with Crippen LogP contribution in [0.2, 0.25) is 0 Å². The SMILES string of the molecule is Cc1cccc(C(=O)Nc2cccn3ccnc23)c1. The summed E-state index contributed by atoms with van der Waals surface area (Å²) in [6, 6.07) is 11.2. The van der Waals surface area contributed by atoms with Crippen LogP contribution in [0.15, 0.2) is 55.0 Å². The van der Waals surface area contributed by atoms with E-state index < -0.39 is 0 Å². The Kier molecular flexibility index (Phi) is 2.76. The average molecular weight is 251 g/mol. The fourth-order valence-corrected chi connectivity index (χ4v) is 2.03. The van der Waals surface area contributed by atoms with Crippen molar-refractivity contribution < 1.29 is 4.79 Å². The van der Waals surface area contributed by atoms with Crippen LogP contribution in [-0.4, -0.2) is 15.3 Å². The molecular formula is C15H13N3O. The number of benzene rings is 1. The van der Waals surface area contributed by atoms with E-state index in [2.05, 4.69) is 10.3 Å². The second-order valence-corrected chi connectivity index (χ2v) is 4.40. The molecule has 0 radical (unpaired) electrons. The van der Waals surface area contributed by atoms with Gasteiger partial charge in [-0.1, -0.05) is 17.7 Å². The minimum atomic E-state index is -0.125. The van der Waals surface area contributed by atoms with Crippen molar-refractivity contribution >= 4 is 17.2 Å². The van der Waals surface area contributed by atoms with E-state index in [9.17, 15) is 4.79 Å². The largest absolute Gasteiger partial charge is 0.319 e. The van der Waals surface area contributed by atoms with Crippen LogP contribution in [0.1, 0.15) is 15.9 Å². The lowest BCUT2D eigenvalue weighted by Crippen LogP contribution is -2.12. The van der Waals surface area contributed by atoms with Gasteiger partial charge in [-0.05, 0) is 31.2 Å². The van der Waals surface area contributed by atoms with E-state index >= 15 is 0 Å². The van der Waals surface area contributed by atoms with Gasteiger partial charge in [0.2, 0.25) is 0 Å². The summed E-state index contributed by atoms with van der Waals surface area (Å²) in [6.07, 6.45) is 5.44. The molecule has 0 unspecified atom stereocenters. The Bertz CT molecular complexity index is 746. The summed E-state index contributed by atoms with van der Waals surface area (Å²) in [6.45, 7) is 1.96. The number of pyridine rings is 1. The van der Waals surface area contributed by atoms with Gasteiger partial charge in [-0.2, -0.15) is 0 Å². The van der Waals surface area contributed by atoms with Gasteiger partial charge in [0.05, 0.1) is 5.69 Å². The molecule has 0 spiro atoms. The van der Waals surface area contributed by atoms with Crippen LogP contribution in [0.5, 0.6) is 0 Å². The van der Waals surface area contributed by atoms with Crippen LogP contribution in [0.25, 0.3) is 5.65 Å². The van der Waals surface area contributed by atoms with Crippen molar-refractivity contribution in [1.82, 2.24) is 9.38 Å². The van der Waals surface area contributed by atoms with E-state index in [-0.39, 0.29) is 5.91 Å². The van der Waals surface area contributed by atoms with Gasteiger partial charge < -0.3 is 9.72 Å². The zero-order valence-corrected chi connectivity index (χ0v) is 10.5. The molecule has 0 bridgehead atoms.